The molecule has 0 saturated heterocycles. The highest BCUT2D eigenvalue weighted by molar-refractivity contribution is 6.08. The van der Waals surface area contributed by atoms with E-state index in [2.05, 4.69) is 26.0 Å². The van der Waals surface area contributed by atoms with Crippen LogP contribution >= 0.6 is 0 Å². The molecule has 2 heteroatoms. The highest BCUT2D eigenvalue weighted by Gasteiger charge is 2.22. The van der Waals surface area contributed by atoms with Gasteiger partial charge in [0, 0.05) is 17.8 Å². The van der Waals surface area contributed by atoms with Crippen LogP contribution < -0.4 is 4.90 Å². The van der Waals surface area contributed by atoms with E-state index in [1.807, 2.05) is 49.9 Å². The fourth-order valence-electron chi connectivity index (χ4n) is 2.92. The fourth-order valence-corrected chi connectivity index (χ4v) is 2.92. The van der Waals surface area contributed by atoms with E-state index in [1.54, 1.807) is 0 Å². The number of carbonyl (C=O) groups is 1. The van der Waals surface area contributed by atoms with Crippen molar-refractivity contribution in [3.8, 4) is 0 Å². The molecule has 0 radical (unpaired) electrons. The summed E-state index contributed by atoms with van der Waals surface area (Å²) in [4.78, 5) is 14.9. The highest BCUT2D eigenvalue weighted by Crippen LogP contribution is 2.27. The van der Waals surface area contributed by atoms with Crippen molar-refractivity contribution < 1.29 is 4.79 Å². The van der Waals surface area contributed by atoms with Gasteiger partial charge in [-0.25, -0.2) is 0 Å². The molecule has 110 valence electrons. The Bertz CT molecular complexity index is 633. The van der Waals surface area contributed by atoms with Crippen LogP contribution in [0, 0.1) is 27.7 Å². The molecule has 0 fully saturated rings. The maximum atomic E-state index is 13.0. The van der Waals surface area contributed by atoms with Gasteiger partial charge in [0.25, 0.3) is 5.91 Å². The van der Waals surface area contributed by atoms with Gasteiger partial charge in [-0.1, -0.05) is 36.4 Å². The molecule has 0 atom stereocenters. The molecule has 0 aliphatic carbocycles. The molecule has 0 bridgehead atoms. The number of hydrogen-bond acceptors (Lipinski definition) is 1. The molecule has 2 rings (SSSR count). The Balaban J connectivity index is 2.54. The number of amides is 1. The number of aryl methyl sites for hydroxylation is 4. The van der Waals surface area contributed by atoms with Gasteiger partial charge < -0.3 is 4.90 Å². The zero-order chi connectivity index (χ0) is 15.6. The van der Waals surface area contributed by atoms with E-state index in [0.717, 1.165) is 33.5 Å². The van der Waals surface area contributed by atoms with Gasteiger partial charge in [0.2, 0.25) is 0 Å². The Kier molecular flexibility index (Phi) is 4.46. The van der Waals surface area contributed by atoms with Gasteiger partial charge in [-0.05, 0) is 56.9 Å². The first kappa shape index (κ1) is 15.3. The minimum absolute atomic E-state index is 0.0884. The third kappa shape index (κ3) is 2.85. The SMILES string of the molecule is CCN(C(=O)c1c(C)cccc1C)c1c(C)cccc1C. The predicted octanol–water partition coefficient (Wildman–Crippen LogP) is 4.59. The zero-order valence-corrected chi connectivity index (χ0v) is 13.5. The van der Waals surface area contributed by atoms with Crippen molar-refractivity contribution in [1.29, 1.82) is 0 Å². The second-order valence-corrected chi connectivity index (χ2v) is 5.56. The van der Waals surface area contributed by atoms with E-state index in [1.165, 1.54) is 0 Å². The summed E-state index contributed by atoms with van der Waals surface area (Å²) in [6, 6.07) is 12.1. The summed E-state index contributed by atoms with van der Waals surface area (Å²) in [6.07, 6.45) is 0. The van der Waals surface area contributed by atoms with E-state index in [-0.39, 0.29) is 5.91 Å². The van der Waals surface area contributed by atoms with Crippen LogP contribution in [0.3, 0.4) is 0 Å². The molecule has 2 aromatic rings. The fraction of sp³-hybridized carbons (Fsp3) is 0.316. The summed E-state index contributed by atoms with van der Waals surface area (Å²) in [5, 5.41) is 0. The second kappa shape index (κ2) is 6.13. The standard InChI is InChI=1S/C19H23NO/c1-6-20(18-15(4)11-8-12-16(18)5)19(21)17-13(2)9-7-10-14(17)3/h7-12H,6H2,1-5H3. The normalized spacial score (nSPS) is 10.5. The van der Waals surface area contributed by atoms with E-state index in [0.29, 0.717) is 6.54 Å². The monoisotopic (exact) mass is 281 g/mol. The average molecular weight is 281 g/mol. The van der Waals surface area contributed by atoms with Crippen molar-refractivity contribution in [3.05, 3.63) is 64.2 Å². The lowest BCUT2D eigenvalue weighted by atomic mass is 10.00. The van der Waals surface area contributed by atoms with E-state index in [9.17, 15) is 4.79 Å². The molecule has 2 aromatic carbocycles. The van der Waals surface area contributed by atoms with Crippen LogP contribution in [0.25, 0.3) is 0 Å². The molecular formula is C19H23NO. The van der Waals surface area contributed by atoms with Crippen molar-refractivity contribution in [3.63, 3.8) is 0 Å². The lowest BCUT2D eigenvalue weighted by molar-refractivity contribution is 0.0987. The minimum Gasteiger partial charge on any atom is -0.308 e. The van der Waals surface area contributed by atoms with Crippen LogP contribution in [0.15, 0.2) is 36.4 Å². The first-order valence-corrected chi connectivity index (χ1v) is 7.41. The predicted molar refractivity (Wildman–Crippen MR) is 89.2 cm³/mol. The number of nitrogens with zero attached hydrogens (tertiary/aromatic N) is 1. The van der Waals surface area contributed by atoms with Crippen LogP contribution in [0.5, 0.6) is 0 Å². The lowest BCUT2D eigenvalue weighted by Crippen LogP contribution is -2.33. The summed E-state index contributed by atoms with van der Waals surface area (Å²) >= 11 is 0. The van der Waals surface area contributed by atoms with Crippen molar-refractivity contribution in [2.45, 2.75) is 34.6 Å². The number of carbonyl (C=O) groups excluding carboxylic acids is 1. The molecule has 0 spiro atoms. The van der Waals surface area contributed by atoms with Crippen LogP contribution in [0.1, 0.15) is 39.5 Å². The first-order chi connectivity index (χ1) is 9.97. The second-order valence-electron chi connectivity index (χ2n) is 5.56. The van der Waals surface area contributed by atoms with E-state index >= 15 is 0 Å². The Morgan fingerprint density at radius 1 is 0.857 bits per heavy atom. The Hall–Kier alpha value is -2.09. The average Bonchev–Trinajstić information content (AvgIpc) is 2.42. The molecule has 2 nitrogen and oxygen atoms in total. The lowest BCUT2D eigenvalue weighted by Gasteiger charge is -2.26. The van der Waals surface area contributed by atoms with Crippen molar-refractivity contribution in [2.75, 3.05) is 11.4 Å². The van der Waals surface area contributed by atoms with Gasteiger partial charge in [0.1, 0.15) is 0 Å². The highest BCUT2D eigenvalue weighted by atomic mass is 16.2. The molecule has 0 saturated carbocycles. The van der Waals surface area contributed by atoms with Crippen molar-refractivity contribution in [1.82, 2.24) is 0 Å². The first-order valence-electron chi connectivity index (χ1n) is 7.41. The van der Waals surface area contributed by atoms with Gasteiger partial charge in [-0.2, -0.15) is 0 Å². The Morgan fingerprint density at radius 2 is 1.29 bits per heavy atom. The molecule has 0 aliphatic rings. The molecular weight excluding hydrogens is 258 g/mol. The topological polar surface area (TPSA) is 20.3 Å². The Morgan fingerprint density at radius 3 is 1.71 bits per heavy atom. The van der Waals surface area contributed by atoms with Gasteiger partial charge in [0.05, 0.1) is 0 Å². The van der Waals surface area contributed by atoms with Gasteiger partial charge in [-0.3, -0.25) is 4.79 Å². The maximum Gasteiger partial charge on any atom is 0.258 e. The summed E-state index contributed by atoms with van der Waals surface area (Å²) < 4.78 is 0. The van der Waals surface area contributed by atoms with Crippen molar-refractivity contribution in [2.24, 2.45) is 0 Å². The van der Waals surface area contributed by atoms with Gasteiger partial charge in [0.15, 0.2) is 0 Å². The largest absolute Gasteiger partial charge is 0.308 e. The quantitative estimate of drug-likeness (QED) is 0.806. The summed E-state index contributed by atoms with van der Waals surface area (Å²) in [5.74, 6) is 0.0884. The molecule has 0 heterocycles. The molecule has 1 amide bonds. The number of rotatable bonds is 3. The number of benzene rings is 2. The number of para-hydroxylation sites is 1. The maximum absolute atomic E-state index is 13.0. The smallest absolute Gasteiger partial charge is 0.258 e. The molecule has 0 N–H and O–H groups in total. The van der Waals surface area contributed by atoms with E-state index in [4.69, 9.17) is 0 Å². The summed E-state index contributed by atoms with van der Waals surface area (Å²) in [5.41, 5.74) is 6.19. The zero-order valence-electron chi connectivity index (χ0n) is 13.5. The van der Waals surface area contributed by atoms with E-state index < -0.39 is 0 Å². The summed E-state index contributed by atoms with van der Waals surface area (Å²) in [6.45, 7) is 10.8. The van der Waals surface area contributed by atoms with Crippen LogP contribution in [0.2, 0.25) is 0 Å². The summed E-state index contributed by atoms with van der Waals surface area (Å²) in [7, 11) is 0. The van der Waals surface area contributed by atoms with Gasteiger partial charge >= 0.3 is 0 Å². The molecule has 0 aromatic heterocycles. The number of anilines is 1. The third-order valence-corrected chi connectivity index (χ3v) is 3.97. The Labute approximate surface area is 127 Å². The molecule has 0 aliphatic heterocycles. The van der Waals surface area contributed by atoms with Gasteiger partial charge in [-0.15, -0.1) is 0 Å². The van der Waals surface area contributed by atoms with Crippen molar-refractivity contribution >= 4 is 11.6 Å². The van der Waals surface area contributed by atoms with Crippen LogP contribution in [-0.2, 0) is 0 Å². The minimum atomic E-state index is 0.0884. The third-order valence-electron chi connectivity index (χ3n) is 3.97. The number of hydrogen-bond donors (Lipinski definition) is 0. The molecule has 0 unspecified atom stereocenters. The molecule has 21 heavy (non-hydrogen) atoms. The van der Waals surface area contributed by atoms with Crippen LogP contribution in [-0.4, -0.2) is 12.5 Å². The van der Waals surface area contributed by atoms with Crippen LogP contribution in [0.4, 0.5) is 5.69 Å².